The Morgan fingerprint density at radius 2 is 1.82 bits per heavy atom. The number of hydrogen-bond acceptors (Lipinski definition) is 8. The molecule has 0 radical (unpaired) electrons. The molecule has 1 atom stereocenters. The smallest absolute Gasteiger partial charge is 0.338 e. The van der Waals surface area contributed by atoms with Crippen LogP contribution in [0.5, 0.6) is 17.2 Å². The predicted molar refractivity (Wildman–Crippen MR) is 155 cm³/mol. The van der Waals surface area contributed by atoms with Crippen LogP contribution < -0.4 is 29.1 Å². The summed E-state index contributed by atoms with van der Waals surface area (Å²) in [4.78, 5) is 32.3. The number of ether oxygens (including phenoxy) is 4. The van der Waals surface area contributed by atoms with Crippen molar-refractivity contribution in [2.24, 2.45) is 4.99 Å². The molecule has 1 aliphatic rings. The number of hydrogen-bond donors (Lipinski definition) is 0. The van der Waals surface area contributed by atoms with Gasteiger partial charge >= 0.3 is 5.97 Å². The van der Waals surface area contributed by atoms with Gasteiger partial charge < -0.3 is 18.9 Å². The normalized spacial score (nSPS) is 15.1. The molecule has 0 saturated carbocycles. The van der Waals surface area contributed by atoms with E-state index in [-0.39, 0.29) is 17.7 Å². The fraction of sp³-hybridized carbons (Fsp3) is 0.321. The molecule has 0 spiro atoms. The minimum Gasteiger partial charge on any atom is -0.493 e. The van der Waals surface area contributed by atoms with Gasteiger partial charge in [-0.15, -0.1) is 0 Å². The highest BCUT2D eigenvalue weighted by Gasteiger charge is 2.35. The van der Waals surface area contributed by atoms with Crippen molar-refractivity contribution in [1.82, 2.24) is 4.57 Å². The van der Waals surface area contributed by atoms with Crippen molar-refractivity contribution < 1.29 is 23.7 Å². The first-order valence-corrected chi connectivity index (χ1v) is 14.3. The van der Waals surface area contributed by atoms with E-state index >= 15 is 0 Å². The summed E-state index contributed by atoms with van der Waals surface area (Å²) in [7, 11) is 1.54. The number of fused-ring (bicyclic) bond motifs is 1. The Labute approximate surface area is 243 Å². The maximum absolute atomic E-state index is 14.0. The molecule has 39 heavy (non-hydrogen) atoms. The molecule has 0 fully saturated rings. The van der Waals surface area contributed by atoms with Crippen LogP contribution in [0.4, 0.5) is 0 Å². The van der Waals surface area contributed by atoms with Crippen LogP contribution in [-0.2, 0) is 9.53 Å². The first-order chi connectivity index (χ1) is 18.7. The third-order valence-corrected chi connectivity index (χ3v) is 7.86. The number of benzene rings is 2. The van der Waals surface area contributed by atoms with Gasteiger partial charge in [0.25, 0.3) is 5.56 Å². The number of thiazole rings is 1. The first kappa shape index (κ1) is 28.9. The lowest BCUT2D eigenvalue weighted by Gasteiger charge is -2.26. The molecule has 0 aliphatic carbocycles. The van der Waals surface area contributed by atoms with Gasteiger partial charge in [0.2, 0.25) is 0 Å². The second kappa shape index (κ2) is 12.4. The Bertz CT molecular complexity index is 1630. The van der Waals surface area contributed by atoms with Crippen molar-refractivity contribution in [2.45, 2.75) is 33.7 Å². The summed E-state index contributed by atoms with van der Waals surface area (Å²) in [6.45, 7) is 8.30. The van der Waals surface area contributed by atoms with Crippen LogP contribution in [0.1, 0.15) is 44.9 Å². The maximum atomic E-state index is 14.0. The number of nitrogens with zero attached hydrogens (tertiary/aromatic N) is 2. The number of halogens is 2. The zero-order chi connectivity index (χ0) is 28.3. The summed E-state index contributed by atoms with van der Waals surface area (Å²) in [5, 5.41) is 0.515. The molecule has 2 aromatic carbocycles. The molecule has 2 heterocycles. The minimum absolute atomic E-state index is 0.176. The van der Waals surface area contributed by atoms with Crippen molar-refractivity contribution in [3.63, 3.8) is 0 Å². The van der Waals surface area contributed by atoms with Crippen molar-refractivity contribution >= 4 is 50.9 Å². The Hall–Kier alpha value is -3.08. The molecular formula is C28H28BrClN2O6S. The molecule has 8 nitrogen and oxygen atoms in total. The van der Waals surface area contributed by atoms with Gasteiger partial charge in [-0.2, -0.15) is 0 Å². The Morgan fingerprint density at radius 3 is 2.49 bits per heavy atom. The van der Waals surface area contributed by atoms with E-state index in [4.69, 9.17) is 30.5 Å². The lowest BCUT2D eigenvalue weighted by Crippen LogP contribution is -2.40. The van der Waals surface area contributed by atoms with Crippen LogP contribution in [0, 0.1) is 0 Å². The van der Waals surface area contributed by atoms with Gasteiger partial charge in [-0.3, -0.25) is 9.36 Å². The second-order valence-corrected chi connectivity index (χ2v) is 10.7. The largest absolute Gasteiger partial charge is 0.493 e. The molecule has 1 aromatic heterocycles. The maximum Gasteiger partial charge on any atom is 0.338 e. The second-order valence-electron chi connectivity index (χ2n) is 8.38. The number of aromatic nitrogens is 1. The number of carbonyl (C=O) groups is 1. The number of allylic oxidation sites excluding steroid dienone is 1. The highest BCUT2D eigenvalue weighted by Crippen LogP contribution is 2.41. The van der Waals surface area contributed by atoms with E-state index in [0.717, 1.165) is 0 Å². The first-order valence-electron chi connectivity index (χ1n) is 12.4. The Balaban J connectivity index is 2.01. The van der Waals surface area contributed by atoms with Gasteiger partial charge in [0.15, 0.2) is 16.3 Å². The van der Waals surface area contributed by atoms with E-state index in [1.54, 1.807) is 50.3 Å². The number of methoxy groups -OCH3 is 1. The SMILES string of the molecule is CCOC(=O)C1=C(C)N=c2s/c(=C/c3cc(Cl)ccc3OCC)c(=O)n2[C@@H]1c1cc(OC)c(OCC)cc1Br. The zero-order valence-corrected chi connectivity index (χ0v) is 25.3. The molecule has 0 N–H and O–H groups in total. The summed E-state index contributed by atoms with van der Waals surface area (Å²) >= 11 is 11.1. The van der Waals surface area contributed by atoms with E-state index < -0.39 is 12.0 Å². The Kier molecular flexibility index (Phi) is 9.19. The average molecular weight is 636 g/mol. The van der Waals surface area contributed by atoms with E-state index in [1.165, 1.54) is 23.0 Å². The molecule has 0 amide bonds. The van der Waals surface area contributed by atoms with Crippen molar-refractivity contribution in [3.05, 3.63) is 81.9 Å². The quantitative estimate of drug-likeness (QED) is 0.307. The monoisotopic (exact) mass is 634 g/mol. The molecule has 0 bridgehead atoms. The molecule has 3 aromatic rings. The standard InChI is InChI=1S/C28H28BrClN2O6S/c1-6-36-20-10-9-17(30)11-16(20)12-23-26(33)32-25(18-13-21(35-5)22(37-7-2)14-19(18)29)24(27(34)38-8-3)15(4)31-28(32)39-23/h9-14,25H,6-8H2,1-5H3/b23-12+/t25-/m1/s1. The van der Waals surface area contributed by atoms with Crippen molar-refractivity contribution in [1.29, 1.82) is 0 Å². The molecule has 11 heteroatoms. The number of esters is 1. The molecule has 4 rings (SSSR count). The van der Waals surface area contributed by atoms with Crippen molar-refractivity contribution in [2.75, 3.05) is 26.9 Å². The van der Waals surface area contributed by atoms with Crippen LogP contribution in [-0.4, -0.2) is 37.5 Å². The Morgan fingerprint density at radius 1 is 1.10 bits per heavy atom. The molecule has 0 unspecified atom stereocenters. The highest BCUT2D eigenvalue weighted by atomic mass is 79.9. The van der Waals surface area contributed by atoms with Crippen LogP contribution in [0.3, 0.4) is 0 Å². The van der Waals surface area contributed by atoms with Crippen LogP contribution in [0.25, 0.3) is 6.08 Å². The van der Waals surface area contributed by atoms with Gasteiger partial charge in [0.05, 0.1) is 48.8 Å². The van der Waals surface area contributed by atoms with E-state index in [0.29, 0.717) is 66.1 Å². The molecule has 0 saturated heterocycles. The summed E-state index contributed by atoms with van der Waals surface area (Å²) in [5.74, 6) is 1.05. The fourth-order valence-electron chi connectivity index (χ4n) is 4.33. The zero-order valence-electron chi connectivity index (χ0n) is 22.2. The van der Waals surface area contributed by atoms with E-state index in [9.17, 15) is 9.59 Å². The molecule has 206 valence electrons. The van der Waals surface area contributed by atoms with Gasteiger partial charge in [-0.1, -0.05) is 38.9 Å². The third-order valence-electron chi connectivity index (χ3n) is 5.95. The van der Waals surface area contributed by atoms with Crippen LogP contribution in [0.15, 0.2) is 55.9 Å². The molecular weight excluding hydrogens is 608 g/mol. The summed E-state index contributed by atoms with van der Waals surface area (Å²) in [6.07, 6.45) is 1.73. The van der Waals surface area contributed by atoms with Gasteiger partial charge in [-0.05, 0) is 69.7 Å². The summed E-state index contributed by atoms with van der Waals surface area (Å²) < 4.78 is 25.0. The molecule has 1 aliphatic heterocycles. The average Bonchev–Trinajstić information content (AvgIpc) is 3.19. The summed E-state index contributed by atoms with van der Waals surface area (Å²) in [6, 6.07) is 7.95. The fourth-order valence-corrected chi connectivity index (χ4v) is 6.09. The number of rotatable bonds is 9. The van der Waals surface area contributed by atoms with Crippen LogP contribution in [0.2, 0.25) is 5.02 Å². The van der Waals surface area contributed by atoms with E-state index in [2.05, 4.69) is 20.9 Å². The van der Waals surface area contributed by atoms with Crippen LogP contribution >= 0.6 is 38.9 Å². The topological polar surface area (TPSA) is 88.4 Å². The number of carbonyl (C=O) groups excluding carboxylic acids is 1. The van der Waals surface area contributed by atoms with Gasteiger partial charge in [0, 0.05) is 15.1 Å². The lowest BCUT2D eigenvalue weighted by atomic mass is 9.95. The minimum atomic E-state index is -0.827. The third kappa shape index (κ3) is 5.78. The van der Waals surface area contributed by atoms with E-state index in [1.807, 2.05) is 13.8 Å². The highest BCUT2D eigenvalue weighted by molar-refractivity contribution is 9.10. The predicted octanol–water partition coefficient (Wildman–Crippen LogP) is 5.02. The van der Waals surface area contributed by atoms with Gasteiger partial charge in [-0.25, -0.2) is 9.79 Å². The van der Waals surface area contributed by atoms with Gasteiger partial charge in [0.1, 0.15) is 5.75 Å². The van der Waals surface area contributed by atoms with Crippen molar-refractivity contribution in [3.8, 4) is 17.2 Å². The summed E-state index contributed by atoms with van der Waals surface area (Å²) in [5.41, 5.74) is 1.69. The lowest BCUT2D eigenvalue weighted by molar-refractivity contribution is -0.139.